The molecule has 0 atom stereocenters. The fourth-order valence-electron chi connectivity index (χ4n) is 0.446. The molecule has 0 saturated heterocycles. The third kappa shape index (κ3) is 8.55. The molecule has 0 unspecified atom stereocenters. The van der Waals surface area contributed by atoms with Gasteiger partial charge in [-0.1, -0.05) is 20.1 Å². The number of ether oxygens (including phenoxy) is 1. The van der Waals surface area contributed by atoms with E-state index in [0.717, 1.165) is 0 Å². The lowest BCUT2D eigenvalue weighted by atomic mass is 10.5. The van der Waals surface area contributed by atoms with E-state index in [9.17, 15) is 9.59 Å². The van der Waals surface area contributed by atoms with Gasteiger partial charge in [0.1, 0.15) is 13.2 Å². The van der Waals surface area contributed by atoms with E-state index in [4.69, 9.17) is 5.73 Å². The third-order valence-corrected chi connectivity index (χ3v) is 0.977. The second-order valence-corrected chi connectivity index (χ2v) is 1.95. The van der Waals surface area contributed by atoms with Gasteiger partial charge in [0.05, 0.1) is 6.54 Å². The van der Waals surface area contributed by atoms with Gasteiger partial charge in [0.2, 0.25) is 5.91 Å². The van der Waals surface area contributed by atoms with Crippen molar-refractivity contribution in [1.82, 2.24) is 5.32 Å². The van der Waals surface area contributed by atoms with Crippen molar-refractivity contribution < 1.29 is 14.3 Å². The molecule has 0 fully saturated rings. The zero-order valence-corrected chi connectivity index (χ0v) is 6.71. The van der Waals surface area contributed by atoms with Crippen molar-refractivity contribution in [2.75, 3.05) is 19.7 Å². The number of rotatable bonds is 5. The summed E-state index contributed by atoms with van der Waals surface area (Å²) in [5, 5.41) is 2.27. The van der Waals surface area contributed by atoms with Crippen LogP contribution in [-0.2, 0) is 14.3 Å². The van der Waals surface area contributed by atoms with Crippen LogP contribution < -0.4 is 11.1 Å². The molecule has 0 aliphatic rings. The molecule has 3 N–H and O–H groups in total. The van der Waals surface area contributed by atoms with Crippen LogP contribution in [0.5, 0.6) is 0 Å². The summed E-state index contributed by atoms with van der Waals surface area (Å²) in [5.41, 5.74) is 4.98. The van der Waals surface area contributed by atoms with Crippen molar-refractivity contribution in [3.8, 4) is 0 Å². The zero-order chi connectivity index (χ0) is 9.40. The van der Waals surface area contributed by atoms with Crippen molar-refractivity contribution in [3.05, 3.63) is 12.7 Å². The van der Waals surface area contributed by atoms with Gasteiger partial charge in [0.15, 0.2) is 0 Å². The van der Waals surface area contributed by atoms with Gasteiger partial charge in [0.25, 0.3) is 0 Å². The van der Waals surface area contributed by atoms with E-state index in [1.165, 1.54) is 6.08 Å². The van der Waals surface area contributed by atoms with Crippen LogP contribution in [0.3, 0.4) is 0 Å². The van der Waals surface area contributed by atoms with Crippen molar-refractivity contribution in [2.45, 2.75) is 7.43 Å². The van der Waals surface area contributed by atoms with Gasteiger partial charge in [-0.3, -0.25) is 9.59 Å². The minimum atomic E-state index is -0.503. The van der Waals surface area contributed by atoms with Crippen LogP contribution in [0.15, 0.2) is 12.7 Å². The van der Waals surface area contributed by atoms with Crippen LogP contribution >= 0.6 is 0 Å². The Morgan fingerprint density at radius 3 is 2.62 bits per heavy atom. The van der Waals surface area contributed by atoms with Crippen molar-refractivity contribution in [1.29, 1.82) is 0 Å². The molecule has 0 aromatic carbocycles. The summed E-state index contributed by atoms with van der Waals surface area (Å²) >= 11 is 0. The normalized spacial score (nSPS) is 8.08. The standard InChI is InChI=1S/C7H12N2O3.CH4/c1-2-3-12-7(11)5-9-6(10)4-8;/h2H,1,3-5,8H2,(H,9,10);1H4. The summed E-state index contributed by atoms with van der Waals surface area (Å²) in [5.74, 6) is -0.887. The first-order valence-corrected chi connectivity index (χ1v) is 3.44. The molecule has 1 amide bonds. The number of carbonyl (C=O) groups is 2. The molecule has 0 aromatic rings. The molecule has 5 nitrogen and oxygen atoms in total. The Morgan fingerprint density at radius 1 is 1.54 bits per heavy atom. The van der Waals surface area contributed by atoms with Gasteiger partial charge in [-0.05, 0) is 0 Å². The monoisotopic (exact) mass is 188 g/mol. The number of carbonyl (C=O) groups excluding carboxylic acids is 2. The lowest BCUT2D eigenvalue weighted by Crippen LogP contribution is -2.35. The first-order chi connectivity index (χ1) is 5.70. The molecular formula is C8H16N2O3. The largest absolute Gasteiger partial charge is 0.460 e. The predicted octanol–water partition coefficient (Wildman–Crippen LogP) is -0.573. The van der Waals surface area contributed by atoms with E-state index >= 15 is 0 Å². The average Bonchev–Trinajstić information content (AvgIpc) is 2.10. The Hall–Kier alpha value is -1.36. The van der Waals surface area contributed by atoms with Crippen LogP contribution in [0.4, 0.5) is 0 Å². The molecule has 0 rings (SSSR count). The molecule has 0 heterocycles. The Labute approximate surface area is 77.9 Å². The molecule has 0 aliphatic heterocycles. The van der Waals surface area contributed by atoms with Crippen molar-refractivity contribution >= 4 is 11.9 Å². The smallest absolute Gasteiger partial charge is 0.325 e. The highest BCUT2D eigenvalue weighted by atomic mass is 16.5. The van der Waals surface area contributed by atoms with Crippen LogP contribution in [0.25, 0.3) is 0 Å². The highest BCUT2D eigenvalue weighted by Crippen LogP contribution is 1.76. The highest BCUT2D eigenvalue weighted by Gasteiger charge is 2.02. The Balaban J connectivity index is 0. The maximum absolute atomic E-state index is 10.7. The van der Waals surface area contributed by atoms with Gasteiger partial charge in [-0.15, -0.1) is 0 Å². The third-order valence-electron chi connectivity index (χ3n) is 0.977. The van der Waals surface area contributed by atoms with Crippen LogP contribution in [-0.4, -0.2) is 31.6 Å². The number of nitrogens with one attached hydrogen (secondary N) is 1. The zero-order valence-electron chi connectivity index (χ0n) is 6.71. The Kier molecular flexibility index (Phi) is 9.53. The summed E-state index contributed by atoms with van der Waals surface area (Å²) in [7, 11) is 0. The van der Waals surface area contributed by atoms with Gasteiger partial charge in [0, 0.05) is 0 Å². The van der Waals surface area contributed by atoms with Gasteiger partial charge in [-0.25, -0.2) is 0 Å². The summed E-state index contributed by atoms with van der Waals surface area (Å²) < 4.78 is 4.57. The Bertz CT molecular complexity index is 180. The fraction of sp³-hybridized carbons (Fsp3) is 0.500. The number of hydrogen-bond donors (Lipinski definition) is 2. The van der Waals surface area contributed by atoms with E-state index in [-0.39, 0.29) is 33.0 Å². The molecule has 5 heteroatoms. The second-order valence-electron chi connectivity index (χ2n) is 1.95. The second kappa shape index (κ2) is 8.73. The molecule has 0 radical (unpaired) electrons. The Morgan fingerprint density at radius 2 is 2.15 bits per heavy atom. The van der Waals surface area contributed by atoms with E-state index in [1.54, 1.807) is 0 Å². The average molecular weight is 188 g/mol. The maximum atomic E-state index is 10.7. The lowest BCUT2D eigenvalue weighted by Gasteiger charge is -2.02. The predicted molar refractivity (Wildman–Crippen MR) is 50.0 cm³/mol. The minimum Gasteiger partial charge on any atom is -0.460 e. The first-order valence-electron chi connectivity index (χ1n) is 3.44. The first kappa shape index (κ1) is 14.2. The quantitative estimate of drug-likeness (QED) is 0.447. The van der Waals surface area contributed by atoms with Crippen LogP contribution in [0, 0.1) is 0 Å². The summed E-state index contributed by atoms with van der Waals surface area (Å²) in [6.07, 6.45) is 1.45. The van der Waals surface area contributed by atoms with E-state index < -0.39 is 5.97 Å². The molecular weight excluding hydrogens is 172 g/mol. The SMILES string of the molecule is C.C=CCOC(=O)CNC(=O)CN. The van der Waals surface area contributed by atoms with Crippen molar-refractivity contribution in [2.24, 2.45) is 5.73 Å². The summed E-state index contributed by atoms with van der Waals surface area (Å²) in [4.78, 5) is 21.2. The molecule has 0 saturated carbocycles. The van der Waals surface area contributed by atoms with Gasteiger partial charge in [-0.2, -0.15) is 0 Å². The molecule has 0 aromatic heterocycles. The van der Waals surface area contributed by atoms with E-state index in [1.807, 2.05) is 0 Å². The summed E-state index contributed by atoms with van der Waals surface area (Å²) in [6, 6.07) is 0. The fourth-order valence-corrected chi connectivity index (χ4v) is 0.446. The number of nitrogens with two attached hydrogens (primary N) is 1. The van der Waals surface area contributed by atoms with E-state index in [2.05, 4.69) is 16.6 Å². The molecule has 76 valence electrons. The van der Waals surface area contributed by atoms with Gasteiger partial charge < -0.3 is 15.8 Å². The number of amides is 1. The molecule has 0 bridgehead atoms. The molecule has 0 spiro atoms. The molecule has 0 aliphatic carbocycles. The lowest BCUT2D eigenvalue weighted by molar-refractivity contribution is -0.142. The van der Waals surface area contributed by atoms with Crippen LogP contribution in [0.1, 0.15) is 7.43 Å². The highest BCUT2D eigenvalue weighted by molar-refractivity contribution is 5.82. The number of hydrogen-bond acceptors (Lipinski definition) is 4. The van der Waals surface area contributed by atoms with Gasteiger partial charge >= 0.3 is 5.97 Å². The van der Waals surface area contributed by atoms with E-state index in [0.29, 0.717) is 0 Å². The van der Waals surface area contributed by atoms with Crippen LogP contribution in [0.2, 0.25) is 0 Å². The van der Waals surface area contributed by atoms with Crippen molar-refractivity contribution in [3.63, 3.8) is 0 Å². The topological polar surface area (TPSA) is 81.4 Å². The number of esters is 1. The minimum absolute atomic E-state index is 0. The summed E-state index contributed by atoms with van der Waals surface area (Å²) in [6.45, 7) is 3.23. The molecule has 13 heavy (non-hydrogen) atoms. The maximum Gasteiger partial charge on any atom is 0.325 e.